The summed E-state index contributed by atoms with van der Waals surface area (Å²) < 4.78 is 5.31. The summed E-state index contributed by atoms with van der Waals surface area (Å²) >= 11 is 1.73. The van der Waals surface area contributed by atoms with Crippen LogP contribution in [0.2, 0.25) is 0 Å². The van der Waals surface area contributed by atoms with Gasteiger partial charge in [-0.15, -0.1) is 0 Å². The Kier molecular flexibility index (Phi) is 4.03. The van der Waals surface area contributed by atoms with E-state index in [1.54, 1.807) is 18.0 Å². The second-order valence-corrected chi connectivity index (χ2v) is 6.89. The van der Waals surface area contributed by atoms with Crippen LogP contribution in [0.4, 0.5) is 0 Å². The molecule has 0 amide bonds. The Balaban J connectivity index is 1.66. The SMILES string of the molecule is CCOC(=O)C1(NC2CC2)CCC(Sc2ncc[nH]2)C1. The van der Waals surface area contributed by atoms with Gasteiger partial charge < -0.3 is 9.72 Å². The third kappa shape index (κ3) is 3.01. The van der Waals surface area contributed by atoms with Crippen LogP contribution in [0.3, 0.4) is 0 Å². The van der Waals surface area contributed by atoms with Crippen LogP contribution in [0.25, 0.3) is 0 Å². The molecule has 5 nitrogen and oxygen atoms in total. The van der Waals surface area contributed by atoms with E-state index in [0.717, 1.165) is 24.4 Å². The van der Waals surface area contributed by atoms with Crippen molar-refractivity contribution in [3.05, 3.63) is 12.4 Å². The number of aromatic nitrogens is 2. The third-order valence-corrected chi connectivity index (χ3v) is 5.13. The van der Waals surface area contributed by atoms with Crippen LogP contribution < -0.4 is 5.32 Å². The predicted molar refractivity (Wildman–Crippen MR) is 77.6 cm³/mol. The van der Waals surface area contributed by atoms with E-state index in [0.29, 0.717) is 17.9 Å². The number of rotatable bonds is 6. The van der Waals surface area contributed by atoms with Gasteiger partial charge in [-0.3, -0.25) is 10.1 Å². The van der Waals surface area contributed by atoms with Crippen molar-refractivity contribution in [3.63, 3.8) is 0 Å². The molecule has 0 aliphatic heterocycles. The van der Waals surface area contributed by atoms with Crippen molar-refractivity contribution in [3.8, 4) is 0 Å². The number of hydrogen-bond acceptors (Lipinski definition) is 5. The maximum Gasteiger partial charge on any atom is 0.326 e. The summed E-state index contributed by atoms with van der Waals surface area (Å²) in [5.74, 6) is -0.0746. The quantitative estimate of drug-likeness (QED) is 0.787. The molecule has 20 heavy (non-hydrogen) atoms. The van der Waals surface area contributed by atoms with Gasteiger partial charge in [0.1, 0.15) is 5.54 Å². The lowest BCUT2D eigenvalue weighted by Gasteiger charge is -2.28. The summed E-state index contributed by atoms with van der Waals surface area (Å²) in [6, 6.07) is 0.506. The molecule has 1 aromatic heterocycles. The van der Waals surface area contributed by atoms with E-state index in [1.807, 2.05) is 13.1 Å². The van der Waals surface area contributed by atoms with Crippen molar-refractivity contribution < 1.29 is 9.53 Å². The van der Waals surface area contributed by atoms with Gasteiger partial charge in [0.05, 0.1) is 6.61 Å². The first kappa shape index (κ1) is 13.9. The number of aromatic amines is 1. The molecule has 2 N–H and O–H groups in total. The van der Waals surface area contributed by atoms with E-state index in [9.17, 15) is 4.79 Å². The van der Waals surface area contributed by atoms with Gasteiger partial charge >= 0.3 is 5.97 Å². The van der Waals surface area contributed by atoms with E-state index in [4.69, 9.17) is 4.74 Å². The lowest BCUT2D eigenvalue weighted by molar-refractivity contribution is -0.151. The minimum absolute atomic E-state index is 0.0746. The first-order valence-corrected chi connectivity index (χ1v) is 8.21. The van der Waals surface area contributed by atoms with Crippen LogP contribution in [-0.2, 0) is 9.53 Å². The Labute approximate surface area is 123 Å². The molecule has 3 rings (SSSR count). The Bertz CT molecular complexity index is 461. The molecular formula is C14H21N3O2S. The van der Waals surface area contributed by atoms with Gasteiger partial charge in [0.25, 0.3) is 0 Å². The van der Waals surface area contributed by atoms with Crippen molar-refractivity contribution in [1.29, 1.82) is 0 Å². The normalized spacial score (nSPS) is 29.6. The van der Waals surface area contributed by atoms with Crippen LogP contribution >= 0.6 is 11.8 Å². The molecule has 2 saturated carbocycles. The molecule has 2 aliphatic carbocycles. The van der Waals surface area contributed by atoms with Gasteiger partial charge in [-0.25, -0.2) is 4.98 Å². The summed E-state index contributed by atoms with van der Waals surface area (Å²) in [5.41, 5.74) is -0.471. The largest absolute Gasteiger partial charge is 0.465 e. The number of carbonyl (C=O) groups excluding carboxylic acids is 1. The maximum absolute atomic E-state index is 12.4. The highest BCUT2D eigenvalue weighted by atomic mass is 32.2. The van der Waals surface area contributed by atoms with Crippen LogP contribution in [0, 0.1) is 0 Å². The van der Waals surface area contributed by atoms with Gasteiger partial charge in [0.15, 0.2) is 5.16 Å². The highest BCUT2D eigenvalue weighted by Gasteiger charge is 2.49. The fourth-order valence-electron chi connectivity index (χ4n) is 2.84. The molecule has 2 unspecified atom stereocenters. The summed E-state index contributed by atoms with van der Waals surface area (Å²) in [5, 5.41) is 4.89. The number of ether oxygens (including phenoxy) is 1. The molecule has 1 aromatic rings. The number of carbonyl (C=O) groups is 1. The number of esters is 1. The van der Waals surface area contributed by atoms with Gasteiger partial charge in [-0.05, 0) is 39.0 Å². The molecule has 1 heterocycles. The zero-order valence-electron chi connectivity index (χ0n) is 11.7. The average Bonchev–Trinajstić information content (AvgIpc) is 2.92. The van der Waals surface area contributed by atoms with Crippen molar-refractivity contribution in [2.24, 2.45) is 0 Å². The maximum atomic E-state index is 12.4. The smallest absolute Gasteiger partial charge is 0.326 e. The van der Waals surface area contributed by atoms with Gasteiger partial charge in [0, 0.05) is 23.7 Å². The van der Waals surface area contributed by atoms with Crippen LogP contribution in [0.5, 0.6) is 0 Å². The minimum Gasteiger partial charge on any atom is -0.465 e. The van der Waals surface area contributed by atoms with Crippen molar-refractivity contribution >= 4 is 17.7 Å². The topological polar surface area (TPSA) is 67.0 Å². The lowest BCUT2D eigenvalue weighted by Crippen LogP contribution is -2.52. The molecule has 0 spiro atoms. The highest BCUT2D eigenvalue weighted by molar-refractivity contribution is 7.99. The van der Waals surface area contributed by atoms with E-state index >= 15 is 0 Å². The van der Waals surface area contributed by atoms with Crippen molar-refractivity contribution in [2.75, 3.05) is 6.61 Å². The molecule has 6 heteroatoms. The first-order chi connectivity index (χ1) is 9.72. The molecule has 2 aliphatic rings. The number of nitrogens with one attached hydrogen (secondary N) is 2. The Morgan fingerprint density at radius 2 is 2.45 bits per heavy atom. The molecule has 2 fully saturated rings. The monoisotopic (exact) mass is 295 g/mol. The van der Waals surface area contributed by atoms with E-state index < -0.39 is 5.54 Å². The zero-order chi connectivity index (χ0) is 14.0. The first-order valence-electron chi connectivity index (χ1n) is 7.33. The van der Waals surface area contributed by atoms with Crippen LogP contribution in [-0.4, -0.2) is 39.4 Å². The highest BCUT2D eigenvalue weighted by Crippen LogP contribution is 2.41. The standard InChI is InChI=1S/C14H21N3O2S/c1-2-19-12(18)14(17-10-3-4-10)6-5-11(9-14)20-13-15-7-8-16-13/h7-8,10-11,17H,2-6,9H2,1H3,(H,15,16). The Morgan fingerprint density at radius 3 is 3.10 bits per heavy atom. The van der Waals surface area contributed by atoms with E-state index in [1.165, 1.54) is 12.8 Å². The average molecular weight is 295 g/mol. The lowest BCUT2D eigenvalue weighted by atomic mass is 9.97. The molecule has 0 bridgehead atoms. The molecule has 0 saturated heterocycles. The summed E-state index contributed by atoms with van der Waals surface area (Å²) in [6.07, 6.45) is 8.66. The van der Waals surface area contributed by atoms with Crippen LogP contribution in [0.15, 0.2) is 17.6 Å². The number of hydrogen-bond donors (Lipinski definition) is 2. The molecule has 110 valence electrons. The second kappa shape index (κ2) is 5.77. The predicted octanol–water partition coefficient (Wildman–Crippen LogP) is 2.11. The number of H-pyrrole nitrogens is 1. The number of nitrogens with zero attached hydrogens (tertiary/aromatic N) is 1. The summed E-state index contributed by atoms with van der Waals surface area (Å²) in [4.78, 5) is 19.7. The summed E-state index contributed by atoms with van der Waals surface area (Å²) in [7, 11) is 0. The molecule has 0 radical (unpaired) electrons. The van der Waals surface area contributed by atoms with Crippen molar-refractivity contribution in [2.45, 2.75) is 61.0 Å². The van der Waals surface area contributed by atoms with Gasteiger partial charge in [-0.2, -0.15) is 0 Å². The summed E-state index contributed by atoms with van der Waals surface area (Å²) in [6.45, 7) is 2.32. The van der Waals surface area contributed by atoms with Gasteiger partial charge in [0.2, 0.25) is 0 Å². The number of imidazole rings is 1. The fourth-order valence-corrected chi connectivity index (χ4v) is 4.01. The third-order valence-electron chi connectivity index (χ3n) is 3.94. The van der Waals surface area contributed by atoms with E-state index in [-0.39, 0.29) is 5.97 Å². The Hall–Kier alpha value is -1.01. The minimum atomic E-state index is -0.471. The van der Waals surface area contributed by atoms with E-state index in [2.05, 4.69) is 15.3 Å². The molecule has 2 atom stereocenters. The van der Waals surface area contributed by atoms with Crippen LogP contribution in [0.1, 0.15) is 39.0 Å². The molecule has 0 aromatic carbocycles. The van der Waals surface area contributed by atoms with Crippen molar-refractivity contribution in [1.82, 2.24) is 15.3 Å². The zero-order valence-corrected chi connectivity index (χ0v) is 12.5. The Morgan fingerprint density at radius 1 is 1.60 bits per heavy atom. The fraction of sp³-hybridized carbons (Fsp3) is 0.714. The molecular weight excluding hydrogens is 274 g/mol. The number of thioether (sulfide) groups is 1. The second-order valence-electron chi connectivity index (χ2n) is 5.60. The van der Waals surface area contributed by atoms with Gasteiger partial charge in [-0.1, -0.05) is 11.8 Å².